The summed E-state index contributed by atoms with van der Waals surface area (Å²) < 4.78 is 12.9. The van der Waals surface area contributed by atoms with Gasteiger partial charge in [0.1, 0.15) is 5.82 Å². The van der Waals surface area contributed by atoms with Crippen molar-refractivity contribution < 1.29 is 9.50 Å². The largest absolute Gasteiger partial charge is 0.385 e. The Bertz CT molecular complexity index is 353. The minimum atomic E-state index is -0.848. The number of halogens is 1. The normalized spacial score (nSPS) is 35.0. The Hall–Kier alpha value is -0.930. The summed E-state index contributed by atoms with van der Waals surface area (Å²) in [6.45, 7) is 5.62. The summed E-state index contributed by atoms with van der Waals surface area (Å²) in [6, 6.07) is 6.20. The molecule has 2 unspecified atom stereocenters. The molecule has 1 aromatic rings. The Morgan fingerprint density at radius 3 is 2.19 bits per heavy atom. The van der Waals surface area contributed by atoms with E-state index in [0.717, 1.165) is 18.7 Å². The summed E-state index contributed by atoms with van der Waals surface area (Å²) in [6.07, 6.45) is 0. The van der Waals surface area contributed by atoms with Crippen molar-refractivity contribution in [1.29, 1.82) is 0 Å². The lowest BCUT2D eigenvalue weighted by Gasteiger charge is -2.44. The summed E-state index contributed by atoms with van der Waals surface area (Å²) in [5.41, 5.74) is -0.0331. The van der Waals surface area contributed by atoms with Gasteiger partial charge in [-0.3, -0.25) is 0 Å². The third kappa shape index (κ3) is 1.74. The number of rotatable bonds is 1. The molecule has 2 N–H and O–H groups in total. The SMILES string of the molecule is CC1CNC[C@H](C)C1(O)c1ccc(F)cc1. The number of piperidine rings is 1. The Morgan fingerprint density at radius 2 is 1.69 bits per heavy atom. The molecule has 3 atom stereocenters. The monoisotopic (exact) mass is 223 g/mol. The Balaban J connectivity index is 2.38. The minimum absolute atomic E-state index is 0.127. The van der Waals surface area contributed by atoms with E-state index >= 15 is 0 Å². The van der Waals surface area contributed by atoms with Crippen molar-refractivity contribution in [3.63, 3.8) is 0 Å². The number of aliphatic hydroxyl groups is 1. The van der Waals surface area contributed by atoms with Crippen molar-refractivity contribution in [2.75, 3.05) is 13.1 Å². The van der Waals surface area contributed by atoms with E-state index in [2.05, 4.69) is 5.32 Å². The van der Waals surface area contributed by atoms with Crippen molar-refractivity contribution in [1.82, 2.24) is 5.32 Å². The van der Waals surface area contributed by atoms with E-state index in [4.69, 9.17) is 0 Å². The first kappa shape index (κ1) is 11.6. The molecule has 1 aromatic carbocycles. The van der Waals surface area contributed by atoms with Crippen LogP contribution in [0.1, 0.15) is 19.4 Å². The van der Waals surface area contributed by atoms with Crippen LogP contribution in [0.15, 0.2) is 24.3 Å². The summed E-state index contributed by atoms with van der Waals surface area (Å²) in [5.74, 6) is -0.00925. The number of hydrogen-bond donors (Lipinski definition) is 2. The molecule has 88 valence electrons. The van der Waals surface area contributed by atoms with Gasteiger partial charge in [0.05, 0.1) is 5.60 Å². The van der Waals surface area contributed by atoms with Gasteiger partial charge in [-0.25, -0.2) is 4.39 Å². The van der Waals surface area contributed by atoms with Gasteiger partial charge in [0.2, 0.25) is 0 Å². The molecule has 3 heteroatoms. The highest BCUT2D eigenvalue weighted by atomic mass is 19.1. The molecule has 0 amide bonds. The van der Waals surface area contributed by atoms with Crippen LogP contribution in [0.5, 0.6) is 0 Å². The molecule has 0 spiro atoms. The highest BCUT2D eigenvalue weighted by Gasteiger charge is 2.43. The first-order valence-electron chi connectivity index (χ1n) is 5.74. The van der Waals surface area contributed by atoms with E-state index < -0.39 is 5.60 Å². The van der Waals surface area contributed by atoms with E-state index in [-0.39, 0.29) is 17.7 Å². The first-order valence-corrected chi connectivity index (χ1v) is 5.74. The molecule has 1 aliphatic rings. The van der Waals surface area contributed by atoms with E-state index in [9.17, 15) is 9.50 Å². The van der Waals surface area contributed by atoms with Gasteiger partial charge in [-0.2, -0.15) is 0 Å². The lowest BCUT2D eigenvalue weighted by Crippen LogP contribution is -2.52. The lowest BCUT2D eigenvalue weighted by molar-refractivity contribution is -0.0807. The second-order valence-electron chi connectivity index (χ2n) is 4.79. The van der Waals surface area contributed by atoms with Gasteiger partial charge in [0.15, 0.2) is 0 Å². The van der Waals surface area contributed by atoms with Crippen molar-refractivity contribution in [2.45, 2.75) is 19.4 Å². The molecule has 0 aromatic heterocycles. The van der Waals surface area contributed by atoms with Crippen molar-refractivity contribution in [3.05, 3.63) is 35.6 Å². The van der Waals surface area contributed by atoms with Crippen LogP contribution in [0.25, 0.3) is 0 Å². The van der Waals surface area contributed by atoms with Gasteiger partial charge in [-0.15, -0.1) is 0 Å². The molecule has 1 heterocycles. The van der Waals surface area contributed by atoms with E-state index in [0.29, 0.717) is 0 Å². The second kappa shape index (κ2) is 4.15. The summed E-state index contributed by atoms with van der Waals surface area (Å²) in [5, 5.41) is 14.1. The summed E-state index contributed by atoms with van der Waals surface area (Å²) >= 11 is 0. The number of nitrogens with one attached hydrogen (secondary N) is 1. The molecule has 1 aliphatic heterocycles. The Morgan fingerprint density at radius 1 is 1.19 bits per heavy atom. The maximum atomic E-state index is 12.9. The van der Waals surface area contributed by atoms with Crippen LogP contribution < -0.4 is 5.32 Å². The Labute approximate surface area is 95.5 Å². The molecular formula is C13H18FNO. The zero-order valence-corrected chi connectivity index (χ0v) is 9.70. The van der Waals surface area contributed by atoms with E-state index in [1.807, 2.05) is 13.8 Å². The zero-order valence-electron chi connectivity index (χ0n) is 9.70. The molecule has 0 radical (unpaired) electrons. The number of benzene rings is 1. The predicted octanol–water partition coefficient (Wildman–Crippen LogP) is 1.89. The molecule has 1 saturated heterocycles. The molecule has 0 saturated carbocycles. The third-order valence-electron chi connectivity index (χ3n) is 3.71. The van der Waals surface area contributed by atoms with Gasteiger partial charge in [0.25, 0.3) is 0 Å². The maximum absolute atomic E-state index is 12.9. The predicted molar refractivity (Wildman–Crippen MR) is 61.5 cm³/mol. The van der Waals surface area contributed by atoms with E-state index in [1.54, 1.807) is 12.1 Å². The fraction of sp³-hybridized carbons (Fsp3) is 0.538. The maximum Gasteiger partial charge on any atom is 0.123 e. The van der Waals surface area contributed by atoms with Gasteiger partial charge in [0, 0.05) is 24.9 Å². The smallest absolute Gasteiger partial charge is 0.123 e. The van der Waals surface area contributed by atoms with Crippen molar-refractivity contribution in [2.24, 2.45) is 11.8 Å². The van der Waals surface area contributed by atoms with Gasteiger partial charge >= 0.3 is 0 Å². The average Bonchev–Trinajstić information content (AvgIpc) is 2.27. The molecular weight excluding hydrogens is 205 g/mol. The molecule has 2 rings (SSSR count). The number of hydrogen-bond acceptors (Lipinski definition) is 2. The lowest BCUT2D eigenvalue weighted by atomic mass is 9.71. The molecule has 2 nitrogen and oxygen atoms in total. The van der Waals surface area contributed by atoms with Gasteiger partial charge in [-0.1, -0.05) is 26.0 Å². The van der Waals surface area contributed by atoms with Crippen LogP contribution >= 0.6 is 0 Å². The van der Waals surface area contributed by atoms with Gasteiger partial charge in [-0.05, 0) is 17.7 Å². The van der Waals surface area contributed by atoms with Crippen LogP contribution in [0.4, 0.5) is 4.39 Å². The minimum Gasteiger partial charge on any atom is -0.385 e. The third-order valence-corrected chi connectivity index (χ3v) is 3.71. The fourth-order valence-corrected chi connectivity index (χ4v) is 2.60. The highest BCUT2D eigenvalue weighted by molar-refractivity contribution is 5.25. The highest BCUT2D eigenvalue weighted by Crippen LogP contribution is 2.38. The second-order valence-corrected chi connectivity index (χ2v) is 4.79. The molecule has 1 fully saturated rings. The van der Waals surface area contributed by atoms with Crippen molar-refractivity contribution >= 4 is 0 Å². The van der Waals surface area contributed by atoms with Crippen LogP contribution in [0.2, 0.25) is 0 Å². The summed E-state index contributed by atoms with van der Waals surface area (Å²) in [7, 11) is 0. The van der Waals surface area contributed by atoms with Crippen LogP contribution in [0.3, 0.4) is 0 Å². The molecule has 0 aliphatic carbocycles. The summed E-state index contributed by atoms with van der Waals surface area (Å²) in [4.78, 5) is 0. The zero-order chi connectivity index (χ0) is 11.8. The topological polar surface area (TPSA) is 32.3 Å². The molecule has 0 bridgehead atoms. The quantitative estimate of drug-likeness (QED) is 0.762. The average molecular weight is 223 g/mol. The first-order chi connectivity index (χ1) is 7.55. The van der Waals surface area contributed by atoms with Crippen LogP contribution in [-0.4, -0.2) is 18.2 Å². The van der Waals surface area contributed by atoms with Crippen LogP contribution in [0, 0.1) is 17.7 Å². The standard InChI is InChI=1S/C13H18FNO/c1-9-7-15-8-10(2)13(9,16)11-3-5-12(14)6-4-11/h3-6,9-10,15-16H,7-8H2,1-2H3/t9-,10?,13?/m0/s1. The molecule has 16 heavy (non-hydrogen) atoms. The fourth-order valence-electron chi connectivity index (χ4n) is 2.60. The van der Waals surface area contributed by atoms with Crippen molar-refractivity contribution in [3.8, 4) is 0 Å². The Kier molecular flexibility index (Phi) is 3.00. The van der Waals surface area contributed by atoms with E-state index in [1.165, 1.54) is 12.1 Å². The van der Waals surface area contributed by atoms with Gasteiger partial charge < -0.3 is 10.4 Å². The van der Waals surface area contributed by atoms with Crippen LogP contribution in [-0.2, 0) is 5.60 Å².